The third-order valence-electron chi connectivity index (χ3n) is 3.35. The Balaban J connectivity index is 1.98. The highest BCUT2D eigenvalue weighted by Gasteiger charge is 2.24. The molecule has 2 unspecified atom stereocenters. The number of nitrogens with one attached hydrogen (secondary N) is 1. The number of anilines is 1. The zero-order valence-electron chi connectivity index (χ0n) is 10.7. The summed E-state index contributed by atoms with van der Waals surface area (Å²) < 4.78 is 5.76. The fourth-order valence-corrected chi connectivity index (χ4v) is 2.54. The number of ether oxygens (including phenoxy) is 1. The van der Waals surface area contributed by atoms with E-state index in [9.17, 15) is 0 Å². The summed E-state index contributed by atoms with van der Waals surface area (Å²) in [5, 5.41) is 4.69. The van der Waals surface area contributed by atoms with E-state index in [1.807, 2.05) is 18.2 Å². The van der Waals surface area contributed by atoms with Crippen molar-refractivity contribution < 1.29 is 4.74 Å². The van der Waals surface area contributed by atoms with Gasteiger partial charge in [-0.3, -0.25) is 0 Å². The molecule has 2 rings (SSSR count). The van der Waals surface area contributed by atoms with Crippen molar-refractivity contribution in [1.29, 1.82) is 0 Å². The summed E-state index contributed by atoms with van der Waals surface area (Å²) in [5.74, 6) is 0.559. The zero-order chi connectivity index (χ0) is 13.1. The van der Waals surface area contributed by atoms with Gasteiger partial charge in [-0.2, -0.15) is 0 Å². The highest BCUT2D eigenvalue weighted by atomic mass is 35.5. The van der Waals surface area contributed by atoms with Crippen LogP contribution in [0.3, 0.4) is 0 Å². The van der Waals surface area contributed by atoms with Crippen molar-refractivity contribution in [3.8, 4) is 0 Å². The molecule has 1 fully saturated rings. The first-order valence-electron chi connectivity index (χ1n) is 6.39. The summed E-state index contributed by atoms with van der Waals surface area (Å²) in [4.78, 5) is 0. The summed E-state index contributed by atoms with van der Waals surface area (Å²) in [6.45, 7) is 5.22. The molecule has 0 saturated carbocycles. The van der Waals surface area contributed by atoms with E-state index in [0.29, 0.717) is 28.1 Å². The molecule has 1 heterocycles. The number of rotatable bonds is 3. The predicted octanol–water partition coefficient (Wildman–Crippen LogP) is 4.61. The van der Waals surface area contributed by atoms with Gasteiger partial charge in [0.15, 0.2) is 0 Å². The van der Waals surface area contributed by atoms with Gasteiger partial charge < -0.3 is 10.1 Å². The normalized spacial score (nSPS) is 24.3. The summed E-state index contributed by atoms with van der Waals surface area (Å²) >= 11 is 11.9. The Morgan fingerprint density at radius 2 is 2.06 bits per heavy atom. The summed E-state index contributed by atoms with van der Waals surface area (Å²) in [6, 6.07) is 6.12. The van der Waals surface area contributed by atoms with Crippen molar-refractivity contribution >= 4 is 28.9 Å². The predicted molar refractivity (Wildman–Crippen MR) is 77.7 cm³/mol. The molecule has 1 saturated heterocycles. The highest BCUT2D eigenvalue weighted by Crippen LogP contribution is 2.27. The molecule has 0 aliphatic carbocycles. The van der Waals surface area contributed by atoms with E-state index in [1.165, 1.54) is 0 Å². The zero-order valence-corrected chi connectivity index (χ0v) is 12.3. The van der Waals surface area contributed by atoms with Gasteiger partial charge >= 0.3 is 0 Å². The van der Waals surface area contributed by atoms with E-state index >= 15 is 0 Å². The van der Waals surface area contributed by atoms with Crippen LogP contribution < -0.4 is 5.32 Å². The first-order valence-corrected chi connectivity index (χ1v) is 7.15. The van der Waals surface area contributed by atoms with Crippen molar-refractivity contribution in [1.82, 2.24) is 0 Å². The van der Waals surface area contributed by atoms with E-state index in [2.05, 4.69) is 19.2 Å². The van der Waals surface area contributed by atoms with Crippen LogP contribution >= 0.6 is 23.2 Å². The van der Waals surface area contributed by atoms with Gasteiger partial charge in [-0.15, -0.1) is 0 Å². The minimum atomic E-state index is 0.346. The van der Waals surface area contributed by atoms with Crippen molar-refractivity contribution in [2.24, 2.45) is 5.92 Å². The van der Waals surface area contributed by atoms with Crippen LogP contribution in [0.5, 0.6) is 0 Å². The third kappa shape index (κ3) is 3.53. The number of hydrogen-bond acceptors (Lipinski definition) is 2. The Hall–Kier alpha value is -0.440. The van der Waals surface area contributed by atoms with Crippen LogP contribution in [0.15, 0.2) is 18.2 Å². The molecule has 1 aromatic rings. The fourth-order valence-electron chi connectivity index (χ4n) is 2.25. The lowest BCUT2D eigenvalue weighted by Crippen LogP contribution is -2.36. The van der Waals surface area contributed by atoms with Crippen LogP contribution in [0.2, 0.25) is 10.0 Å². The average Bonchev–Trinajstić information content (AvgIpc) is 2.34. The molecule has 0 radical (unpaired) electrons. The molecule has 0 spiro atoms. The molecule has 0 aromatic heterocycles. The summed E-state index contributed by atoms with van der Waals surface area (Å²) in [6.07, 6.45) is 2.42. The van der Waals surface area contributed by atoms with Crippen LogP contribution in [0.4, 0.5) is 5.69 Å². The maximum Gasteiger partial charge on any atom is 0.0617 e. The van der Waals surface area contributed by atoms with Crippen LogP contribution in [0, 0.1) is 5.92 Å². The van der Waals surface area contributed by atoms with Gasteiger partial charge in [-0.05, 0) is 37.0 Å². The van der Waals surface area contributed by atoms with Crippen molar-refractivity contribution in [2.75, 3.05) is 11.9 Å². The van der Waals surface area contributed by atoms with Crippen molar-refractivity contribution in [3.63, 3.8) is 0 Å². The Bertz CT molecular complexity index is 409. The molecule has 2 atom stereocenters. The first kappa shape index (κ1) is 14.0. The van der Waals surface area contributed by atoms with E-state index in [-0.39, 0.29) is 0 Å². The van der Waals surface area contributed by atoms with Crippen LogP contribution in [-0.4, -0.2) is 18.8 Å². The summed E-state index contributed by atoms with van der Waals surface area (Å²) in [7, 11) is 0. The second kappa shape index (κ2) is 6.14. The van der Waals surface area contributed by atoms with Crippen LogP contribution in [0.1, 0.15) is 26.7 Å². The van der Waals surface area contributed by atoms with E-state index < -0.39 is 0 Å². The second-order valence-corrected chi connectivity index (χ2v) is 5.96. The molecule has 2 nitrogen and oxygen atoms in total. The maximum atomic E-state index is 6.01. The lowest BCUT2D eigenvalue weighted by molar-refractivity contribution is -0.0160. The maximum absolute atomic E-state index is 6.01. The summed E-state index contributed by atoms with van der Waals surface area (Å²) in [5.41, 5.74) is 1.03. The number of hydrogen-bond donors (Lipinski definition) is 1. The Kier molecular flexibility index (Phi) is 4.77. The molecule has 18 heavy (non-hydrogen) atoms. The second-order valence-electron chi connectivity index (χ2n) is 5.15. The molecule has 1 aromatic carbocycles. The number of halogens is 2. The average molecular weight is 288 g/mol. The molecular formula is C14H19Cl2NO. The minimum absolute atomic E-state index is 0.346. The van der Waals surface area contributed by atoms with Crippen molar-refractivity contribution in [3.05, 3.63) is 28.2 Å². The van der Waals surface area contributed by atoms with Gasteiger partial charge in [0.25, 0.3) is 0 Å². The molecule has 1 N–H and O–H groups in total. The molecule has 100 valence electrons. The minimum Gasteiger partial charge on any atom is -0.382 e. The van der Waals surface area contributed by atoms with Gasteiger partial charge in [-0.25, -0.2) is 0 Å². The topological polar surface area (TPSA) is 21.3 Å². The van der Waals surface area contributed by atoms with Crippen LogP contribution in [0.25, 0.3) is 0 Å². The van der Waals surface area contributed by atoms with Crippen molar-refractivity contribution in [2.45, 2.75) is 38.8 Å². The molecule has 0 amide bonds. The highest BCUT2D eigenvalue weighted by molar-refractivity contribution is 6.42. The smallest absolute Gasteiger partial charge is 0.0617 e. The van der Waals surface area contributed by atoms with E-state index in [4.69, 9.17) is 27.9 Å². The van der Waals surface area contributed by atoms with Gasteiger partial charge in [-0.1, -0.05) is 37.0 Å². The fraction of sp³-hybridized carbons (Fsp3) is 0.571. The van der Waals surface area contributed by atoms with Gasteiger partial charge in [0.1, 0.15) is 0 Å². The van der Waals surface area contributed by atoms with Crippen LogP contribution in [-0.2, 0) is 4.74 Å². The molecule has 1 aliphatic rings. The third-order valence-corrected chi connectivity index (χ3v) is 4.09. The quantitative estimate of drug-likeness (QED) is 0.877. The molecule has 0 bridgehead atoms. The number of benzene rings is 1. The lowest BCUT2D eigenvalue weighted by atomic mass is 9.95. The molecular weight excluding hydrogens is 269 g/mol. The Labute approximate surface area is 119 Å². The standard InChI is InChI=1S/C14H19Cl2NO/c1-9(2)14-8-11(5-6-18-14)17-10-3-4-12(15)13(16)7-10/h3-4,7,9,11,14,17H,5-6,8H2,1-2H3. The molecule has 1 aliphatic heterocycles. The van der Waals surface area contributed by atoms with Gasteiger partial charge in [0, 0.05) is 18.3 Å². The monoisotopic (exact) mass is 287 g/mol. The lowest BCUT2D eigenvalue weighted by Gasteiger charge is -2.33. The Morgan fingerprint density at radius 1 is 1.28 bits per heavy atom. The van der Waals surface area contributed by atoms with Gasteiger partial charge in [0.05, 0.1) is 16.1 Å². The first-order chi connectivity index (χ1) is 8.56. The van der Waals surface area contributed by atoms with Gasteiger partial charge in [0.2, 0.25) is 0 Å². The van der Waals surface area contributed by atoms with E-state index in [1.54, 1.807) is 0 Å². The SMILES string of the molecule is CC(C)C1CC(Nc2ccc(Cl)c(Cl)c2)CCO1. The van der Waals surface area contributed by atoms with E-state index in [0.717, 1.165) is 25.1 Å². The Morgan fingerprint density at radius 3 is 2.72 bits per heavy atom. The largest absolute Gasteiger partial charge is 0.382 e. The molecule has 4 heteroatoms.